The van der Waals surface area contributed by atoms with E-state index in [-0.39, 0.29) is 40.0 Å². The molecule has 0 saturated carbocycles. The summed E-state index contributed by atoms with van der Waals surface area (Å²) >= 11 is 0. The maximum Gasteiger partial charge on any atom is 0.0483 e. The van der Waals surface area contributed by atoms with Gasteiger partial charge in [-0.3, -0.25) is 0 Å². The molecular formula is C15H37O3SiTi. The molecule has 0 bridgehead atoms. The van der Waals surface area contributed by atoms with Crippen LogP contribution < -0.4 is 0 Å². The van der Waals surface area contributed by atoms with Gasteiger partial charge in [0.25, 0.3) is 0 Å². The van der Waals surface area contributed by atoms with E-state index in [1.54, 1.807) is 41.5 Å². The smallest absolute Gasteiger partial charge is 0.0483 e. The Kier molecular flexibility index (Phi) is 36.1. The first kappa shape index (κ1) is 32.7. The van der Waals surface area contributed by atoms with Crippen molar-refractivity contribution in [2.75, 3.05) is 0 Å². The molecule has 3 radical (unpaired) electrons. The maximum absolute atomic E-state index is 8.06. The first-order valence-corrected chi connectivity index (χ1v) is 10.3. The van der Waals surface area contributed by atoms with Crippen molar-refractivity contribution in [3.05, 3.63) is 19.4 Å². The molecule has 0 saturated heterocycles. The zero-order chi connectivity index (χ0) is 16.6. The Balaban J connectivity index is -0.0000000512. The predicted molar refractivity (Wildman–Crippen MR) is 89.4 cm³/mol. The summed E-state index contributed by atoms with van der Waals surface area (Å²) in [7, 11) is -0.900. The summed E-state index contributed by atoms with van der Waals surface area (Å²) in [6.45, 7) is 20.8. The van der Waals surface area contributed by atoms with Gasteiger partial charge in [-0.15, -0.1) is 0 Å². The number of aliphatic hydroxyl groups excluding tert-OH is 3. The molecule has 5 heteroatoms. The van der Waals surface area contributed by atoms with E-state index in [1.807, 2.05) is 6.42 Å². The summed E-state index contributed by atoms with van der Waals surface area (Å²) in [6, 6.07) is 2.22. The molecule has 0 unspecified atom stereocenters. The van der Waals surface area contributed by atoms with E-state index in [9.17, 15) is 0 Å². The monoisotopic (exact) mass is 341 g/mol. The Bertz CT molecular complexity index is 124. The molecule has 0 aromatic rings. The molecular weight excluding hydrogens is 304 g/mol. The molecule has 123 valence electrons. The third-order valence-electron chi connectivity index (χ3n) is 0.618. The molecule has 0 spiro atoms. The number of hydrogen-bond acceptors (Lipinski definition) is 3. The van der Waals surface area contributed by atoms with Crippen molar-refractivity contribution >= 4 is 8.07 Å². The van der Waals surface area contributed by atoms with Gasteiger partial charge < -0.3 is 15.3 Å². The van der Waals surface area contributed by atoms with Crippen LogP contribution in [-0.4, -0.2) is 41.7 Å². The van der Waals surface area contributed by atoms with E-state index in [0.717, 1.165) is 0 Å². The Morgan fingerprint density at radius 2 is 0.900 bits per heavy atom. The van der Waals surface area contributed by atoms with E-state index in [4.69, 9.17) is 15.3 Å². The maximum atomic E-state index is 8.06. The second-order valence-corrected chi connectivity index (χ2v) is 11.1. The van der Waals surface area contributed by atoms with E-state index in [1.165, 1.54) is 0 Å². The fourth-order valence-corrected chi connectivity index (χ4v) is 1.06. The van der Waals surface area contributed by atoms with Crippen LogP contribution in [0.5, 0.6) is 0 Å². The minimum atomic E-state index is -0.900. The van der Waals surface area contributed by atoms with Crippen molar-refractivity contribution in [2.45, 2.75) is 79.5 Å². The molecule has 0 aliphatic heterocycles. The second-order valence-electron chi connectivity index (χ2n) is 6.05. The number of aliphatic hydroxyl groups is 3. The van der Waals surface area contributed by atoms with Crippen LogP contribution in [0.4, 0.5) is 0 Å². The molecule has 3 nitrogen and oxygen atoms in total. The van der Waals surface area contributed by atoms with Gasteiger partial charge in [-0.05, 0) is 60.9 Å². The van der Waals surface area contributed by atoms with Gasteiger partial charge in [0.15, 0.2) is 0 Å². The van der Waals surface area contributed by atoms with Crippen LogP contribution in [0.3, 0.4) is 0 Å². The fraction of sp³-hybridized carbons (Fsp3) is 0.800. The minimum Gasteiger partial charge on any atom is -0.394 e. The topological polar surface area (TPSA) is 60.7 Å². The van der Waals surface area contributed by atoms with Crippen LogP contribution in [0.1, 0.15) is 41.5 Å². The van der Waals surface area contributed by atoms with Crippen LogP contribution >= 0.6 is 0 Å². The molecule has 20 heavy (non-hydrogen) atoms. The largest absolute Gasteiger partial charge is 0.394 e. The SMILES string of the molecule is CC(C)O.CC(C)O.CC(C)O.[CH2][CH][CH][Si](C)(C)C.[Ti]. The van der Waals surface area contributed by atoms with Crippen molar-refractivity contribution in [3.8, 4) is 0 Å². The van der Waals surface area contributed by atoms with Gasteiger partial charge in [0.1, 0.15) is 0 Å². The molecule has 0 amide bonds. The summed E-state index contributed by atoms with van der Waals surface area (Å²) in [5, 5.41) is 24.2. The Morgan fingerprint density at radius 3 is 0.900 bits per heavy atom. The molecule has 0 fully saturated rings. The normalized spacial score (nSPS) is 9.60. The average Bonchev–Trinajstić information content (AvgIpc) is 1.96. The molecule has 0 aromatic heterocycles. The molecule has 0 rings (SSSR count). The molecule has 3 N–H and O–H groups in total. The summed E-state index contributed by atoms with van der Waals surface area (Å²) in [4.78, 5) is 0. The van der Waals surface area contributed by atoms with E-state index in [2.05, 4.69) is 32.6 Å². The minimum absolute atomic E-state index is 0. The molecule has 0 aliphatic carbocycles. The van der Waals surface area contributed by atoms with E-state index in [0.29, 0.717) is 0 Å². The van der Waals surface area contributed by atoms with Crippen LogP contribution in [0.2, 0.25) is 19.6 Å². The predicted octanol–water partition coefficient (Wildman–Crippen LogP) is 3.27. The Morgan fingerprint density at radius 1 is 0.750 bits per heavy atom. The summed E-state index contributed by atoms with van der Waals surface area (Å²) in [5.74, 6) is 0. The van der Waals surface area contributed by atoms with Crippen LogP contribution in [0, 0.1) is 19.4 Å². The van der Waals surface area contributed by atoms with Gasteiger partial charge in [-0.25, -0.2) is 0 Å². The standard InChI is InChI=1S/C6H13Si.3C3H8O.Ti/c1-5-6-7(2,3)4;3*1-3(2)4;/h5-6H,1H2,2-4H3;3*3-4H,1-2H3;. The molecule has 0 aliphatic rings. The van der Waals surface area contributed by atoms with Crippen molar-refractivity contribution in [2.24, 2.45) is 0 Å². The molecule has 0 heterocycles. The first-order chi connectivity index (χ1) is 8.26. The van der Waals surface area contributed by atoms with Gasteiger partial charge in [0, 0.05) is 48.1 Å². The average molecular weight is 341 g/mol. The summed E-state index contributed by atoms with van der Waals surface area (Å²) in [6.07, 6.45) is 1.40. The zero-order valence-electron chi connectivity index (χ0n) is 14.9. The first-order valence-electron chi connectivity index (χ1n) is 6.77. The summed E-state index contributed by atoms with van der Waals surface area (Å²) in [5.41, 5.74) is 0. The Hall–Kier alpha value is 0.811. The zero-order valence-corrected chi connectivity index (χ0v) is 17.5. The van der Waals surface area contributed by atoms with Crippen molar-refractivity contribution < 1.29 is 37.0 Å². The number of rotatable bonds is 2. The third kappa shape index (κ3) is 258. The Labute approximate surface area is 144 Å². The fourth-order valence-electron chi connectivity index (χ4n) is 0.354. The van der Waals surface area contributed by atoms with Gasteiger partial charge in [-0.2, -0.15) is 0 Å². The molecule has 0 aromatic carbocycles. The van der Waals surface area contributed by atoms with Crippen molar-refractivity contribution in [1.82, 2.24) is 0 Å². The summed E-state index contributed by atoms with van der Waals surface area (Å²) < 4.78 is 0. The van der Waals surface area contributed by atoms with Gasteiger partial charge >= 0.3 is 0 Å². The van der Waals surface area contributed by atoms with Gasteiger partial charge in [0.2, 0.25) is 0 Å². The third-order valence-corrected chi connectivity index (χ3v) is 1.85. The molecule has 0 atom stereocenters. The number of hydrogen-bond donors (Lipinski definition) is 3. The quantitative estimate of drug-likeness (QED) is 0.676. The van der Waals surface area contributed by atoms with Crippen LogP contribution in [0.15, 0.2) is 0 Å². The van der Waals surface area contributed by atoms with Crippen molar-refractivity contribution in [1.29, 1.82) is 0 Å². The van der Waals surface area contributed by atoms with E-state index >= 15 is 0 Å². The van der Waals surface area contributed by atoms with Gasteiger partial charge in [-0.1, -0.05) is 19.6 Å². The van der Waals surface area contributed by atoms with Crippen LogP contribution in [0.25, 0.3) is 0 Å². The van der Waals surface area contributed by atoms with Crippen molar-refractivity contribution in [3.63, 3.8) is 0 Å². The van der Waals surface area contributed by atoms with Gasteiger partial charge in [0.05, 0.1) is 0 Å². The van der Waals surface area contributed by atoms with E-state index < -0.39 is 8.07 Å². The second kappa shape index (κ2) is 22.1. The van der Waals surface area contributed by atoms with Crippen LogP contribution in [-0.2, 0) is 21.7 Å².